The number of anilines is 1. The number of rotatable bonds is 5. The minimum absolute atomic E-state index is 0.252. The minimum Gasteiger partial charge on any atom is -0.451 e. The zero-order valence-electron chi connectivity index (χ0n) is 15.3. The van der Waals surface area contributed by atoms with Crippen molar-refractivity contribution >= 4 is 28.9 Å². The highest BCUT2D eigenvalue weighted by Crippen LogP contribution is 2.21. The number of hydrogen-bond acceptors (Lipinski definition) is 8. The summed E-state index contributed by atoms with van der Waals surface area (Å²) in [5.41, 5.74) is 1.42. The van der Waals surface area contributed by atoms with Crippen molar-refractivity contribution in [3.63, 3.8) is 0 Å². The second-order valence-corrected chi connectivity index (χ2v) is 7.23. The number of tetrazole rings is 1. The molecule has 150 valence electrons. The first kappa shape index (κ1) is 19.0. The first-order valence-electron chi connectivity index (χ1n) is 8.88. The highest BCUT2D eigenvalue weighted by atomic mass is 32.1. The van der Waals surface area contributed by atoms with Crippen molar-refractivity contribution < 1.29 is 18.7 Å². The number of halogens is 1. The van der Waals surface area contributed by atoms with Crippen LogP contribution in [0.15, 0.2) is 42.0 Å². The number of nitrogens with zero attached hydrogens (tertiary/aromatic N) is 6. The Morgan fingerprint density at radius 2 is 1.86 bits per heavy atom. The molecule has 0 spiro atoms. The van der Waals surface area contributed by atoms with Gasteiger partial charge >= 0.3 is 5.97 Å². The lowest BCUT2D eigenvalue weighted by molar-refractivity contribution is -0.134. The monoisotopic (exact) mass is 416 g/mol. The molecular weight excluding hydrogens is 399 g/mol. The van der Waals surface area contributed by atoms with Crippen LogP contribution in [0.2, 0.25) is 0 Å². The molecule has 4 rings (SSSR count). The van der Waals surface area contributed by atoms with Gasteiger partial charge < -0.3 is 14.5 Å². The zero-order chi connectivity index (χ0) is 20.2. The van der Waals surface area contributed by atoms with E-state index in [-0.39, 0.29) is 18.3 Å². The van der Waals surface area contributed by atoms with Gasteiger partial charge in [-0.15, -0.1) is 16.4 Å². The van der Waals surface area contributed by atoms with Gasteiger partial charge in [0, 0.05) is 31.9 Å². The van der Waals surface area contributed by atoms with Crippen molar-refractivity contribution in [1.29, 1.82) is 0 Å². The molecule has 0 radical (unpaired) electrons. The van der Waals surface area contributed by atoms with Crippen LogP contribution in [0.1, 0.15) is 9.67 Å². The maximum Gasteiger partial charge on any atom is 0.351 e. The van der Waals surface area contributed by atoms with E-state index in [2.05, 4.69) is 20.4 Å². The Bertz CT molecular complexity index is 983. The molecular formula is C18H17FN6O3S. The molecule has 3 aromatic rings. The summed E-state index contributed by atoms with van der Waals surface area (Å²) < 4.78 is 19.6. The average Bonchev–Trinajstić information content (AvgIpc) is 3.44. The molecule has 0 unspecified atom stereocenters. The largest absolute Gasteiger partial charge is 0.451 e. The molecule has 0 aliphatic carbocycles. The number of carbonyl (C=O) groups excluding carboxylic acids is 2. The van der Waals surface area contributed by atoms with Crippen LogP contribution in [-0.2, 0) is 9.53 Å². The number of amides is 1. The van der Waals surface area contributed by atoms with Gasteiger partial charge in [0.15, 0.2) is 6.61 Å². The van der Waals surface area contributed by atoms with Crippen LogP contribution >= 0.6 is 11.3 Å². The summed E-state index contributed by atoms with van der Waals surface area (Å²) in [7, 11) is 0. The molecule has 0 saturated carbocycles. The van der Waals surface area contributed by atoms with E-state index in [9.17, 15) is 14.0 Å². The summed E-state index contributed by atoms with van der Waals surface area (Å²) in [6, 6.07) is 7.98. The van der Waals surface area contributed by atoms with Crippen LogP contribution in [0.5, 0.6) is 0 Å². The van der Waals surface area contributed by atoms with Crippen LogP contribution in [0, 0.1) is 5.82 Å². The van der Waals surface area contributed by atoms with Crippen molar-refractivity contribution in [3.8, 4) is 5.69 Å². The molecule has 3 heterocycles. The van der Waals surface area contributed by atoms with Crippen LogP contribution in [0.3, 0.4) is 0 Å². The SMILES string of the molecule is O=C(OCC(=O)N1CCN(c2ccc(F)cc2)CC1)c1sccc1-n1cnnn1. The van der Waals surface area contributed by atoms with Gasteiger partial charge in [0.25, 0.3) is 5.91 Å². The second kappa shape index (κ2) is 8.35. The fraction of sp³-hybridized carbons (Fsp3) is 0.278. The fourth-order valence-corrected chi connectivity index (χ4v) is 3.83. The standard InChI is InChI=1S/C18H17FN6O3S/c19-13-1-3-14(4-2-13)23-6-8-24(9-7-23)16(26)11-28-18(27)17-15(5-10-29-17)25-12-20-21-22-25/h1-5,10,12H,6-9,11H2. The lowest BCUT2D eigenvalue weighted by atomic mass is 10.2. The van der Waals surface area contributed by atoms with Gasteiger partial charge in [-0.05, 0) is 46.1 Å². The van der Waals surface area contributed by atoms with Crippen LogP contribution in [-0.4, -0.2) is 69.8 Å². The molecule has 1 amide bonds. The molecule has 1 aromatic carbocycles. The van der Waals surface area contributed by atoms with E-state index in [0.29, 0.717) is 36.7 Å². The van der Waals surface area contributed by atoms with Crippen molar-refractivity contribution in [1.82, 2.24) is 25.1 Å². The van der Waals surface area contributed by atoms with Gasteiger partial charge in [-0.25, -0.2) is 9.18 Å². The molecule has 1 aliphatic rings. The Morgan fingerprint density at radius 1 is 1.10 bits per heavy atom. The van der Waals surface area contributed by atoms with Crippen LogP contribution < -0.4 is 4.90 Å². The van der Waals surface area contributed by atoms with Crippen molar-refractivity contribution in [3.05, 3.63) is 52.7 Å². The fourth-order valence-electron chi connectivity index (χ4n) is 3.06. The molecule has 11 heteroatoms. The Balaban J connectivity index is 1.29. The first-order valence-corrected chi connectivity index (χ1v) is 9.76. The molecule has 29 heavy (non-hydrogen) atoms. The van der Waals surface area contributed by atoms with Gasteiger partial charge in [0.1, 0.15) is 17.0 Å². The zero-order valence-corrected chi connectivity index (χ0v) is 16.1. The van der Waals surface area contributed by atoms with E-state index in [4.69, 9.17) is 4.74 Å². The van der Waals surface area contributed by atoms with E-state index in [1.807, 2.05) is 0 Å². The Hall–Kier alpha value is -3.34. The molecule has 1 fully saturated rings. The number of hydrogen-bond donors (Lipinski definition) is 0. The number of ether oxygens (including phenoxy) is 1. The molecule has 1 aliphatic heterocycles. The maximum atomic E-state index is 13.1. The topological polar surface area (TPSA) is 93.5 Å². The van der Waals surface area contributed by atoms with E-state index in [0.717, 1.165) is 5.69 Å². The number of benzene rings is 1. The molecule has 9 nitrogen and oxygen atoms in total. The summed E-state index contributed by atoms with van der Waals surface area (Å²) in [4.78, 5) is 28.9. The van der Waals surface area contributed by atoms with Gasteiger partial charge in [-0.2, -0.15) is 4.68 Å². The van der Waals surface area contributed by atoms with Gasteiger partial charge in [0.05, 0.1) is 5.69 Å². The number of esters is 1. The third kappa shape index (κ3) is 4.24. The molecule has 0 bridgehead atoms. The van der Waals surface area contributed by atoms with Crippen molar-refractivity contribution in [2.45, 2.75) is 0 Å². The third-order valence-electron chi connectivity index (χ3n) is 4.58. The summed E-state index contributed by atoms with van der Waals surface area (Å²) in [6.45, 7) is 1.92. The van der Waals surface area contributed by atoms with Crippen LogP contribution in [0.25, 0.3) is 5.69 Å². The number of piperazine rings is 1. The molecule has 1 saturated heterocycles. The maximum absolute atomic E-state index is 13.1. The first-order chi connectivity index (χ1) is 14.1. The lowest BCUT2D eigenvalue weighted by Crippen LogP contribution is -2.49. The Labute approximate surface area is 169 Å². The number of carbonyl (C=O) groups is 2. The van der Waals surface area contributed by atoms with Gasteiger partial charge in [-0.1, -0.05) is 0 Å². The van der Waals surface area contributed by atoms with E-state index in [1.165, 1.54) is 34.5 Å². The quantitative estimate of drug-likeness (QED) is 0.580. The highest BCUT2D eigenvalue weighted by molar-refractivity contribution is 7.12. The predicted molar refractivity (Wildman–Crippen MR) is 103 cm³/mol. The van der Waals surface area contributed by atoms with E-state index < -0.39 is 5.97 Å². The van der Waals surface area contributed by atoms with E-state index >= 15 is 0 Å². The molecule has 0 N–H and O–H groups in total. The lowest BCUT2D eigenvalue weighted by Gasteiger charge is -2.36. The minimum atomic E-state index is -0.594. The predicted octanol–water partition coefficient (Wildman–Crippen LogP) is 1.37. The summed E-state index contributed by atoms with van der Waals surface area (Å²) in [6.07, 6.45) is 1.38. The normalized spacial score (nSPS) is 14.1. The van der Waals surface area contributed by atoms with Crippen LogP contribution in [0.4, 0.5) is 10.1 Å². The third-order valence-corrected chi connectivity index (χ3v) is 5.46. The summed E-state index contributed by atoms with van der Waals surface area (Å²) in [5, 5.41) is 12.6. The van der Waals surface area contributed by atoms with Crippen molar-refractivity contribution in [2.75, 3.05) is 37.7 Å². The molecule has 2 aromatic heterocycles. The number of thiophene rings is 1. The molecule has 0 atom stereocenters. The Kier molecular flexibility index (Phi) is 5.47. The second-order valence-electron chi connectivity index (χ2n) is 6.31. The van der Waals surface area contributed by atoms with Gasteiger partial charge in [-0.3, -0.25) is 4.79 Å². The summed E-state index contributed by atoms with van der Waals surface area (Å²) in [5.74, 6) is -1.13. The highest BCUT2D eigenvalue weighted by Gasteiger charge is 2.24. The number of aromatic nitrogens is 4. The average molecular weight is 416 g/mol. The van der Waals surface area contributed by atoms with E-state index in [1.54, 1.807) is 28.5 Å². The smallest absolute Gasteiger partial charge is 0.351 e. The van der Waals surface area contributed by atoms with Crippen molar-refractivity contribution in [2.24, 2.45) is 0 Å². The summed E-state index contributed by atoms with van der Waals surface area (Å²) >= 11 is 1.19. The van der Waals surface area contributed by atoms with Gasteiger partial charge in [0.2, 0.25) is 0 Å². The Morgan fingerprint density at radius 3 is 2.55 bits per heavy atom.